The maximum atomic E-state index is 14.1. The summed E-state index contributed by atoms with van der Waals surface area (Å²) in [6, 6.07) is 1.06. The van der Waals surface area contributed by atoms with E-state index in [-0.39, 0.29) is 31.8 Å². The largest absolute Gasteiger partial charge is 0.394 e. The summed E-state index contributed by atoms with van der Waals surface area (Å²) in [5.41, 5.74) is -0.335. The van der Waals surface area contributed by atoms with Crippen LogP contribution in [0.4, 0.5) is 28.0 Å². The van der Waals surface area contributed by atoms with Gasteiger partial charge in [0.05, 0.1) is 41.8 Å². The minimum absolute atomic E-state index is 0.142. The van der Waals surface area contributed by atoms with Crippen LogP contribution in [0, 0.1) is 0 Å². The van der Waals surface area contributed by atoms with Crippen molar-refractivity contribution in [1.29, 1.82) is 0 Å². The lowest BCUT2D eigenvalue weighted by Crippen LogP contribution is -2.47. The van der Waals surface area contributed by atoms with Crippen LogP contribution in [0.15, 0.2) is 24.7 Å². The predicted octanol–water partition coefficient (Wildman–Crippen LogP) is 4.02. The first-order valence-electron chi connectivity index (χ1n) is 11.4. The second-order valence-corrected chi connectivity index (χ2v) is 9.45. The number of hydrogen-bond donors (Lipinski definition) is 3. The van der Waals surface area contributed by atoms with Crippen molar-refractivity contribution >= 4 is 22.6 Å². The Kier molecular flexibility index (Phi) is 5.69. The minimum atomic E-state index is -4.32. The summed E-state index contributed by atoms with van der Waals surface area (Å²) in [7, 11) is 0. The number of halogens is 4. The average molecular weight is 495 g/mol. The molecule has 0 spiro atoms. The summed E-state index contributed by atoms with van der Waals surface area (Å²) in [5.74, 6) is 0. The third-order valence-corrected chi connectivity index (χ3v) is 6.59. The second kappa shape index (κ2) is 8.47. The number of aromatic nitrogens is 5. The number of nitrogens with one attached hydrogen (secondary N) is 2. The number of nitrogens with zero attached hydrogens (tertiary/aromatic N) is 5. The molecular weight excluding hydrogens is 470 g/mol. The molecule has 0 radical (unpaired) electrons. The molecule has 0 aromatic carbocycles. The van der Waals surface area contributed by atoms with E-state index in [0.29, 0.717) is 42.6 Å². The van der Waals surface area contributed by atoms with Gasteiger partial charge in [-0.15, -0.1) is 0 Å². The number of urea groups is 1. The van der Waals surface area contributed by atoms with Gasteiger partial charge in [-0.05, 0) is 38.2 Å². The highest BCUT2D eigenvalue weighted by Crippen LogP contribution is 2.43. The molecular formula is C22H25F4N7O2. The molecule has 2 amide bonds. The van der Waals surface area contributed by atoms with Crippen molar-refractivity contribution in [2.75, 3.05) is 18.5 Å². The van der Waals surface area contributed by atoms with E-state index in [2.05, 4.69) is 25.6 Å². The topological polar surface area (TPSA) is 112 Å². The molecule has 3 N–H and O–H groups in total. The molecule has 0 aliphatic heterocycles. The fourth-order valence-corrected chi connectivity index (χ4v) is 4.18. The molecule has 9 nitrogen and oxygen atoms in total. The maximum Gasteiger partial charge on any atom is 0.389 e. The molecule has 35 heavy (non-hydrogen) atoms. The van der Waals surface area contributed by atoms with E-state index in [1.807, 2.05) is 0 Å². The van der Waals surface area contributed by atoms with Gasteiger partial charge in [-0.25, -0.2) is 9.18 Å². The second-order valence-electron chi connectivity index (χ2n) is 9.45. The lowest BCUT2D eigenvalue weighted by atomic mass is 10.2. The number of amides is 2. The number of aromatic amines is 1. The molecule has 2 saturated carbocycles. The molecule has 2 fully saturated rings. The van der Waals surface area contributed by atoms with Crippen LogP contribution >= 0.6 is 0 Å². The standard InChI is InChI=1S/C22H25F4N7O2/c23-20(3-4-20)12-32-11-14-9-27-16(8-15(14)31-32)18-17(10-28-30-18)29-19(35)33(21(13-34)5-6-21)7-1-2-22(24,25)26/h8-11,34H,1-7,12-13H2,(H,28,30)(H,29,35). The lowest BCUT2D eigenvalue weighted by molar-refractivity contribution is -0.136. The summed E-state index contributed by atoms with van der Waals surface area (Å²) in [4.78, 5) is 18.7. The summed E-state index contributed by atoms with van der Waals surface area (Å²) >= 11 is 0. The highest BCUT2D eigenvalue weighted by atomic mass is 19.4. The van der Waals surface area contributed by atoms with Crippen LogP contribution in [0.2, 0.25) is 0 Å². The minimum Gasteiger partial charge on any atom is -0.394 e. The predicted molar refractivity (Wildman–Crippen MR) is 118 cm³/mol. The molecule has 3 heterocycles. The number of aliphatic hydroxyl groups is 1. The van der Waals surface area contributed by atoms with Crippen LogP contribution in [0.5, 0.6) is 0 Å². The van der Waals surface area contributed by atoms with Gasteiger partial charge in [-0.2, -0.15) is 23.4 Å². The number of H-pyrrole nitrogens is 1. The zero-order valence-corrected chi connectivity index (χ0v) is 18.8. The number of aliphatic hydroxyl groups excluding tert-OH is 1. The van der Waals surface area contributed by atoms with Crippen LogP contribution in [0.3, 0.4) is 0 Å². The van der Waals surface area contributed by atoms with E-state index in [1.54, 1.807) is 23.1 Å². The average Bonchev–Trinajstić information content (AvgIpc) is 3.64. The van der Waals surface area contributed by atoms with Crippen LogP contribution < -0.4 is 5.32 Å². The van der Waals surface area contributed by atoms with Crippen molar-refractivity contribution in [3.63, 3.8) is 0 Å². The van der Waals surface area contributed by atoms with Gasteiger partial charge in [-0.1, -0.05) is 0 Å². The van der Waals surface area contributed by atoms with Crippen molar-refractivity contribution in [3.8, 4) is 11.4 Å². The molecule has 188 valence electrons. The summed E-state index contributed by atoms with van der Waals surface area (Å²) in [5, 5.41) is 24.4. The Morgan fingerprint density at radius 1 is 1.26 bits per heavy atom. The Morgan fingerprint density at radius 3 is 2.69 bits per heavy atom. The summed E-state index contributed by atoms with van der Waals surface area (Å²) in [6.07, 6.45) is 1.17. The van der Waals surface area contributed by atoms with Gasteiger partial charge >= 0.3 is 12.2 Å². The summed E-state index contributed by atoms with van der Waals surface area (Å²) < 4.78 is 53.5. The van der Waals surface area contributed by atoms with Crippen LogP contribution in [0.25, 0.3) is 22.3 Å². The number of anilines is 1. The quantitative estimate of drug-likeness (QED) is 0.388. The zero-order chi connectivity index (χ0) is 24.8. The third kappa shape index (κ3) is 5.09. The highest BCUT2D eigenvalue weighted by molar-refractivity contribution is 5.94. The van der Waals surface area contributed by atoms with Gasteiger partial charge in [0.1, 0.15) is 11.4 Å². The molecule has 0 saturated heterocycles. The smallest absolute Gasteiger partial charge is 0.389 e. The monoisotopic (exact) mass is 495 g/mol. The first-order chi connectivity index (χ1) is 16.6. The Morgan fingerprint density at radius 2 is 2.03 bits per heavy atom. The van der Waals surface area contributed by atoms with E-state index < -0.39 is 29.8 Å². The van der Waals surface area contributed by atoms with E-state index >= 15 is 0 Å². The van der Waals surface area contributed by atoms with Crippen LogP contribution in [-0.2, 0) is 6.54 Å². The Bertz CT molecular complexity index is 1230. The molecule has 3 aromatic rings. The number of fused-ring (bicyclic) bond motifs is 1. The van der Waals surface area contributed by atoms with E-state index in [1.165, 1.54) is 11.1 Å². The number of rotatable bonds is 9. The first-order valence-corrected chi connectivity index (χ1v) is 11.4. The fourth-order valence-electron chi connectivity index (χ4n) is 4.18. The van der Waals surface area contributed by atoms with Crippen molar-refractivity contribution in [2.24, 2.45) is 0 Å². The number of hydrogen-bond acceptors (Lipinski definition) is 5. The third-order valence-electron chi connectivity index (χ3n) is 6.59. The van der Waals surface area contributed by atoms with Crippen molar-refractivity contribution < 1.29 is 27.5 Å². The zero-order valence-electron chi connectivity index (χ0n) is 18.8. The van der Waals surface area contributed by atoms with Crippen molar-refractivity contribution in [2.45, 2.75) is 62.5 Å². The van der Waals surface area contributed by atoms with E-state index in [4.69, 9.17) is 0 Å². The van der Waals surface area contributed by atoms with Crippen molar-refractivity contribution in [1.82, 2.24) is 29.9 Å². The van der Waals surface area contributed by atoms with Gasteiger partial charge < -0.3 is 15.3 Å². The molecule has 2 aliphatic carbocycles. The Labute approximate surface area is 197 Å². The molecule has 5 rings (SSSR count). The Balaban J connectivity index is 1.33. The van der Waals surface area contributed by atoms with E-state index in [9.17, 15) is 27.5 Å². The molecule has 0 atom stereocenters. The number of carbonyl (C=O) groups excluding carboxylic acids is 1. The number of carbonyl (C=O) groups is 1. The highest BCUT2D eigenvalue weighted by Gasteiger charge is 2.50. The van der Waals surface area contributed by atoms with Gasteiger partial charge in [0.25, 0.3) is 0 Å². The maximum absolute atomic E-state index is 14.1. The summed E-state index contributed by atoms with van der Waals surface area (Å²) in [6.45, 7) is -0.290. The lowest BCUT2D eigenvalue weighted by Gasteiger charge is -2.31. The first kappa shape index (κ1) is 23.5. The molecule has 3 aromatic heterocycles. The van der Waals surface area contributed by atoms with Gasteiger partial charge in [0, 0.05) is 30.7 Å². The van der Waals surface area contributed by atoms with Gasteiger partial charge in [0.2, 0.25) is 0 Å². The van der Waals surface area contributed by atoms with Crippen LogP contribution in [0.1, 0.15) is 38.5 Å². The molecule has 0 unspecified atom stereocenters. The van der Waals surface area contributed by atoms with E-state index in [0.717, 1.165) is 5.39 Å². The fraction of sp³-hybridized carbons (Fsp3) is 0.545. The van der Waals surface area contributed by atoms with Crippen LogP contribution in [-0.4, -0.2) is 71.5 Å². The van der Waals surface area contributed by atoms with Crippen molar-refractivity contribution in [3.05, 3.63) is 24.7 Å². The molecule has 13 heteroatoms. The number of pyridine rings is 1. The number of alkyl halides is 4. The molecule has 0 bridgehead atoms. The normalized spacial score (nSPS) is 18.0. The SMILES string of the molecule is O=C(Nc1cn[nH]c1-c1cc2nn(CC3(F)CC3)cc2cn1)N(CCCC(F)(F)F)C1(CO)CC1. The van der Waals surface area contributed by atoms with Gasteiger partial charge in [-0.3, -0.25) is 14.8 Å². The molecule has 2 aliphatic rings. The Hall–Kier alpha value is -3.22. The van der Waals surface area contributed by atoms with Gasteiger partial charge in [0.15, 0.2) is 0 Å².